The Labute approximate surface area is 180 Å². The van der Waals surface area contributed by atoms with Crippen molar-refractivity contribution in [2.24, 2.45) is 0 Å². The maximum absolute atomic E-state index is 12.8. The fraction of sp³-hybridized carbons (Fsp3) is 0.556. The quantitative estimate of drug-likeness (QED) is 0.271. The number of nitrogens with one attached hydrogen (secondary N) is 2. The predicted octanol–water partition coefficient (Wildman–Crippen LogP) is -0.484. The van der Waals surface area contributed by atoms with E-state index in [4.69, 9.17) is 4.74 Å². The lowest BCUT2D eigenvalue weighted by Crippen LogP contribution is -2.48. The number of rotatable bonds is 10. The number of sulfonamides is 1. The molecule has 2 N–H and O–H groups in total. The Balaban J connectivity index is 1.92. The van der Waals surface area contributed by atoms with Crippen molar-refractivity contribution >= 4 is 27.5 Å². The molecule has 0 spiro atoms. The molecule has 0 aromatic heterocycles. The Hall–Kier alpha value is -2.61. The van der Waals surface area contributed by atoms with Crippen LogP contribution in [0, 0.1) is 10.1 Å². The number of nitro benzene ring substituents is 1. The molecule has 0 radical (unpaired) electrons. The number of nitrogens with zero attached hydrogens (tertiary/aromatic N) is 3. The van der Waals surface area contributed by atoms with E-state index in [2.05, 4.69) is 15.5 Å². The molecule has 12 nitrogen and oxygen atoms in total. The van der Waals surface area contributed by atoms with E-state index in [0.29, 0.717) is 13.1 Å². The van der Waals surface area contributed by atoms with Crippen LogP contribution in [0.3, 0.4) is 0 Å². The Morgan fingerprint density at radius 2 is 1.81 bits per heavy atom. The van der Waals surface area contributed by atoms with Crippen LogP contribution in [0.15, 0.2) is 29.2 Å². The minimum Gasteiger partial charge on any atom is -0.359 e. The third kappa shape index (κ3) is 6.43. The van der Waals surface area contributed by atoms with Crippen LogP contribution in [0.5, 0.6) is 0 Å². The van der Waals surface area contributed by atoms with Gasteiger partial charge in [0.05, 0.1) is 23.0 Å². The van der Waals surface area contributed by atoms with E-state index >= 15 is 0 Å². The van der Waals surface area contributed by atoms with Crippen LogP contribution >= 0.6 is 0 Å². The fourth-order valence-electron chi connectivity index (χ4n) is 3.02. The van der Waals surface area contributed by atoms with E-state index < -0.39 is 33.0 Å². The van der Waals surface area contributed by atoms with E-state index in [1.807, 2.05) is 13.8 Å². The van der Waals surface area contributed by atoms with Gasteiger partial charge >= 0.3 is 11.8 Å². The van der Waals surface area contributed by atoms with Gasteiger partial charge in [-0.1, -0.05) is 13.8 Å². The molecule has 1 aliphatic rings. The first-order valence-electron chi connectivity index (χ1n) is 9.87. The Kier molecular flexibility index (Phi) is 8.86. The number of non-ortho nitro benzene ring substituents is 1. The molecule has 2 amide bonds. The zero-order valence-electron chi connectivity index (χ0n) is 17.4. The molecule has 31 heavy (non-hydrogen) atoms. The maximum atomic E-state index is 12.8. The molecule has 0 saturated carbocycles. The summed E-state index contributed by atoms with van der Waals surface area (Å²) < 4.78 is 32.1. The number of nitro groups is 1. The lowest BCUT2D eigenvalue weighted by molar-refractivity contribution is -0.384. The lowest BCUT2D eigenvalue weighted by Gasteiger charge is -2.23. The lowest BCUT2D eigenvalue weighted by atomic mass is 10.3. The van der Waals surface area contributed by atoms with Gasteiger partial charge in [0, 0.05) is 31.8 Å². The summed E-state index contributed by atoms with van der Waals surface area (Å²) >= 11 is 0. The number of ether oxygens (including phenoxy) is 1. The molecule has 172 valence electrons. The molecule has 0 aliphatic carbocycles. The summed E-state index contributed by atoms with van der Waals surface area (Å²) in [6, 6.07) is 4.49. The van der Waals surface area contributed by atoms with Gasteiger partial charge in [0.1, 0.15) is 6.23 Å². The topological polar surface area (TPSA) is 151 Å². The number of carbonyl (C=O) groups excluding carboxylic acids is 2. The molecule has 2 rings (SSSR count). The molecule has 1 aromatic carbocycles. The Morgan fingerprint density at radius 1 is 1.19 bits per heavy atom. The number of amides is 2. The summed E-state index contributed by atoms with van der Waals surface area (Å²) in [7, 11) is -4.00. The van der Waals surface area contributed by atoms with Gasteiger partial charge in [0.2, 0.25) is 10.0 Å². The number of benzene rings is 1. The van der Waals surface area contributed by atoms with Crippen LogP contribution in [-0.4, -0.2) is 86.5 Å². The van der Waals surface area contributed by atoms with E-state index in [9.17, 15) is 28.1 Å². The summed E-state index contributed by atoms with van der Waals surface area (Å²) in [6.07, 6.45) is -0.993. The van der Waals surface area contributed by atoms with Crippen molar-refractivity contribution in [1.82, 2.24) is 19.8 Å². The van der Waals surface area contributed by atoms with E-state index in [1.165, 1.54) is 0 Å². The smallest absolute Gasteiger partial charge is 0.309 e. The summed E-state index contributed by atoms with van der Waals surface area (Å²) in [5.41, 5.74) is -0.229. The second-order valence-corrected chi connectivity index (χ2v) is 8.58. The molecule has 1 fully saturated rings. The summed E-state index contributed by atoms with van der Waals surface area (Å²) in [5, 5.41) is 15.7. The molecule has 0 unspecified atom stereocenters. The minimum absolute atomic E-state index is 0.0515. The maximum Gasteiger partial charge on any atom is 0.309 e. The van der Waals surface area contributed by atoms with Crippen LogP contribution < -0.4 is 10.6 Å². The first-order valence-corrected chi connectivity index (χ1v) is 11.3. The SMILES string of the molecule is CCN(CC)CCNC(=O)C(=O)NC[C@@H]1OCCN1S(=O)(=O)c1ccc([N+](=O)[O-])cc1. The van der Waals surface area contributed by atoms with Gasteiger partial charge in [-0.15, -0.1) is 0 Å². The van der Waals surface area contributed by atoms with Crippen molar-refractivity contribution < 1.29 is 27.7 Å². The molecule has 1 heterocycles. The van der Waals surface area contributed by atoms with Gasteiger partial charge in [0.25, 0.3) is 5.69 Å². The van der Waals surface area contributed by atoms with Gasteiger partial charge in [-0.2, -0.15) is 4.31 Å². The van der Waals surface area contributed by atoms with Crippen LogP contribution in [0.4, 0.5) is 5.69 Å². The summed E-state index contributed by atoms with van der Waals surface area (Å²) in [5.74, 6) is -1.70. The van der Waals surface area contributed by atoms with E-state index in [0.717, 1.165) is 41.7 Å². The van der Waals surface area contributed by atoms with Crippen LogP contribution in [0.25, 0.3) is 0 Å². The van der Waals surface area contributed by atoms with Crippen molar-refractivity contribution in [3.8, 4) is 0 Å². The van der Waals surface area contributed by atoms with Gasteiger partial charge in [-0.3, -0.25) is 19.7 Å². The van der Waals surface area contributed by atoms with Crippen molar-refractivity contribution in [3.63, 3.8) is 0 Å². The Morgan fingerprint density at radius 3 is 2.39 bits per heavy atom. The van der Waals surface area contributed by atoms with Crippen molar-refractivity contribution in [2.75, 3.05) is 45.9 Å². The van der Waals surface area contributed by atoms with Crippen LogP contribution in [-0.2, 0) is 24.3 Å². The molecule has 13 heteroatoms. The van der Waals surface area contributed by atoms with E-state index in [1.54, 1.807) is 0 Å². The average Bonchev–Trinajstić information content (AvgIpc) is 3.24. The molecule has 1 aliphatic heterocycles. The number of hydrogen-bond donors (Lipinski definition) is 2. The van der Waals surface area contributed by atoms with Crippen LogP contribution in [0.1, 0.15) is 13.8 Å². The molecule has 1 saturated heterocycles. The third-order valence-corrected chi connectivity index (χ3v) is 6.75. The number of likely N-dealkylation sites (N-methyl/N-ethyl adjacent to an activating group) is 1. The highest BCUT2D eigenvalue weighted by molar-refractivity contribution is 7.89. The molecular formula is C18H27N5O7S. The highest BCUT2D eigenvalue weighted by Crippen LogP contribution is 2.23. The van der Waals surface area contributed by atoms with Crippen molar-refractivity contribution in [1.29, 1.82) is 0 Å². The predicted molar refractivity (Wildman–Crippen MR) is 111 cm³/mol. The minimum atomic E-state index is -4.00. The van der Waals surface area contributed by atoms with Crippen molar-refractivity contribution in [3.05, 3.63) is 34.4 Å². The second-order valence-electron chi connectivity index (χ2n) is 6.69. The van der Waals surface area contributed by atoms with Gasteiger partial charge < -0.3 is 20.3 Å². The molecule has 1 atom stereocenters. The first-order chi connectivity index (χ1) is 14.7. The van der Waals surface area contributed by atoms with E-state index in [-0.39, 0.29) is 30.3 Å². The summed E-state index contributed by atoms with van der Waals surface area (Å²) in [6.45, 7) is 6.53. The number of hydrogen-bond acceptors (Lipinski definition) is 8. The highest BCUT2D eigenvalue weighted by atomic mass is 32.2. The van der Waals surface area contributed by atoms with Crippen LogP contribution in [0.2, 0.25) is 0 Å². The second kappa shape index (κ2) is 11.1. The van der Waals surface area contributed by atoms with Gasteiger partial charge in [-0.25, -0.2) is 8.42 Å². The third-order valence-electron chi connectivity index (χ3n) is 4.85. The van der Waals surface area contributed by atoms with Gasteiger partial charge in [0.15, 0.2) is 0 Å². The zero-order chi connectivity index (χ0) is 23.0. The average molecular weight is 458 g/mol. The first kappa shape index (κ1) is 24.7. The highest BCUT2D eigenvalue weighted by Gasteiger charge is 2.36. The molecule has 0 bridgehead atoms. The van der Waals surface area contributed by atoms with Crippen molar-refractivity contribution in [2.45, 2.75) is 25.0 Å². The zero-order valence-corrected chi connectivity index (χ0v) is 18.3. The number of carbonyl (C=O) groups is 2. The van der Waals surface area contributed by atoms with Gasteiger partial charge in [-0.05, 0) is 25.2 Å². The Bertz CT molecular complexity index is 887. The molecular weight excluding hydrogens is 430 g/mol. The standard InChI is InChI=1S/C18H27N5O7S/c1-3-21(4-2)10-9-19-17(24)18(25)20-13-16-22(11-12-30-16)31(28,29)15-7-5-14(6-8-15)23(26)27/h5-8,16H,3-4,9-13H2,1-2H3,(H,19,24)(H,20,25)/t16-/m0/s1. The monoisotopic (exact) mass is 457 g/mol. The molecule has 1 aromatic rings. The largest absolute Gasteiger partial charge is 0.359 e. The normalized spacial score (nSPS) is 16.9. The summed E-state index contributed by atoms with van der Waals surface area (Å²) in [4.78, 5) is 36.0. The fourth-order valence-corrected chi connectivity index (χ4v) is 4.54.